The smallest absolute Gasteiger partial charge is 0.223 e. The number of carbonyl (C=O) groups excluding carboxylic acids is 1. The molecule has 4 nitrogen and oxygen atoms in total. The zero-order valence-electron chi connectivity index (χ0n) is 13.8. The van der Waals surface area contributed by atoms with Crippen molar-refractivity contribution >= 4 is 41.7 Å². The van der Waals surface area contributed by atoms with Gasteiger partial charge in [0.2, 0.25) is 5.91 Å². The van der Waals surface area contributed by atoms with Gasteiger partial charge in [-0.25, -0.2) is 0 Å². The highest BCUT2D eigenvalue weighted by Crippen LogP contribution is 2.22. The number of hydrogen-bond donors (Lipinski definition) is 1. The highest BCUT2D eigenvalue weighted by Gasteiger charge is 2.22. The molecule has 1 fully saturated rings. The third kappa shape index (κ3) is 7.62. The van der Waals surface area contributed by atoms with Gasteiger partial charge < -0.3 is 15.4 Å². The van der Waals surface area contributed by atoms with Gasteiger partial charge in [0.15, 0.2) is 0 Å². The maximum atomic E-state index is 12.2. The molecule has 0 bridgehead atoms. The fraction of sp³-hybridized carbons (Fsp3) is 0.588. The van der Waals surface area contributed by atoms with Gasteiger partial charge in [-0.1, -0.05) is 11.6 Å². The van der Waals surface area contributed by atoms with E-state index in [0.29, 0.717) is 13.0 Å². The maximum absolute atomic E-state index is 12.2. The van der Waals surface area contributed by atoms with Gasteiger partial charge >= 0.3 is 0 Å². The average Bonchev–Trinajstić information content (AvgIpc) is 2.57. The zero-order valence-corrected chi connectivity index (χ0v) is 16.2. The van der Waals surface area contributed by atoms with Gasteiger partial charge in [-0.3, -0.25) is 4.79 Å². The highest BCUT2D eigenvalue weighted by atomic mass is 35.5. The first-order valence-electron chi connectivity index (χ1n) is 8.17. The molecule has 1 heterocycles. The molecular formula is C17H26Cl2N2O2S. The first kappa shape index (κ1) is 21.6. The highest BCUT2D eigenvalue weighted by molar-refractivity contribution is 7.99. The van der Waals surface area contributed by atoms with Crippen LogP contribution in [0.4, 0.5) is 0 Å². The molecule has 1 aliphatic rings. The number of amides is 1. The summed E-state index contributed by atoms with van der Waals surface area (Å²) in [7, 11) is 0. The number of hydrogen-bond acceptors (Lipinski definition) is 4. The maximum Gasteiger partial charge on any atom is 0.223 e. The summed E-state index contributed by atoms with van der Waals surface area (Å²) in [6, 6.07) is 7.73. The normalized spacial score (nSPS) is 15.2. The lowest BCUT2D eigenvalue weighted by atomic mass is 10.1. The number of nitrogens with two attached hydrogens (primary N) is 1. The van der Waals surface area contributed by atoms with Crippen molar-refractivity contribution in [1.82, 2.24) is 4.90 Å². The number of benzene rings is 1. The molecule has 0 spiro atoms. The van der Waals surface area contributed by atoms with Crippen LogP contribution in [0.3, 0.4) is 0 Å². The molecule has 136 valence electrons. The lowest BCUT2D eigenvalue weighted by Crippen LogP contribution is -2.41. The third-order valence-corrected chi connectivity index (χ3v) is 5.16. The Morgan fingerprint density at radius 1 is 1.29 bits per heavy atom. The van der Waals surface area contributed by atoms with Crippen LogP contribution in [0.25, 0.3) is 0 Å². The van der Waals surface area contributed by atoms with Gasteiger partial charge in [0.05, 0.1) is 6.10 Å². The van der Waals surface area contributed by atoms with Gasteiger partial charge in [0, 0.05) is 41.8 Å². The van der Waals surface area contributed by atoms with Crippen LogP contribution in [0, 0.1) is 0 Å². The molecule has 1 aliphatic heterocycles. The molecule has 1 aromatic rings. The lowest BCUT2D eigenvalue weighted by Gasteiger charge is -2.32. The van der Waals surface area contributed by atoms with Crippen molar-refractivity contribution in [3.63, 3.8) is 0 Å². The van der Waals surface area contributed by atoms with Gasteiger partial charge in [-0.05, 0) is 50.1 Å². The van der Waals surface area contributed by atoms with E-state index in [1.165, 1.54) is 0 Å². The van der Waals surface area contributed by atoms with E-state index in [4.69, 9.17) is 22.1 Å². The number of carbonyl (C=O) groups is 1. The third-order valence-electron chi connectivity index (χ3n) is 3.89. The molecule has 1 saturated heterocycles. The van der Waals surface area contributed by atoms with Crippen molar-refractivity contribution in [1.29, 1.82) is 0 Å². The van der Waals surface area contributed by atoms with Crippen LogP contribution in [0.1, 0.15) is 25.7 Å². The molecule has 0 aliphatic carbocycles. The minimum absolute atomic E-state index is 0. The number of nitrogens with zero attached hydrogens (tertiary/aromatic N) is 1. The van der Waals surface area contributed by atoms with E-state index in [1.807, 2.05) is 29.2 Å². The van der Waals surface area contributed by atoms with Crippen molar-refractivity contribution in [2.75, 3.05) is 32.0 Å². The molecule has 7 heteroatoms. The Hall–Kier alpha value is -0.460. The molecule has 1 aromatic carbocycles. The average molecular weight is 393 g/mol. The lowest BCUT2D eigenvalue weighted by molar-refractivity contribution is -0.133. The zero-order chi connectivity index (χ0) is 16.5. The molecule has 24 heavy (non-hydrogen) atoms. The molecule has 0 aromatic heterocycles. The number of likely N-dealkylation sites (tertiary alicyclic amines) is 1. The summed E-state index contributed by atoms with van der Waals surface area (Å²) in [5.41, 5.74) is 5.46. The Labute approximate surface area is 159 Å². The predicted molar refractivity (Wildman–Crippen MR) is 103 cm³/mol. The molecule has 0 radical (unpaired) electrons. The quantitative estimate of drug-likeness (QED) is 0.542. The summed E-state index contributed by atoms with van der Waals surface area (Å²) in [6.07, 6.45) is 3.63. The molecule has 0 atom stereocenters. The van der Waals surface area contributed by atoms with E-state index in [9.17, 15) is 4.79 Å². The number of thioether (sulfide) groups is 1. The SMILES string of the molecule is Cl.NCCCOC1CCN(C(=O)CCSc2ccc(Cl)cc2)CC1. The van der Waals surface area contributed by atoms with Crippen molar-refractivity contribution < 1.29 is 9.53 Å². The predicted octanol–water partition coefficient (Wildman–Crippen LogP) is 3.60. The van der Waals surface area contributed by atoms with Crippen LogP contribution < -0.4 is 5.73 Å². The van der Waals surface area contributed by atoms with Gasteiger partial charge in [-0.2, -0.15) is 0 Å². The van der Waals surface area contributed by atoms with E-state index >= 15 is 0 Å². The van der Waals surface area contributed by atoms with Crippen LogP contribution >= 0.6 is 35.8 Å². The van der Waals surface area contributed by atoms with Crippen molar-refractivity contribution in [2.24, 2.45) is 5.73 Å². The number of rotatable bonds is 8. The monoisotopic (exact) mass is 392 g/mol. The van der Waals surface area contributed by atoms with E-state index < -0.39 is 0 Å². The van der Waals surface area contributed by atoms with E-state index in [2.05, 4.69) is 0 Å². The second-order valence-electron chi connectivity index (χ2n) is 5.65. The van der Waals surface area contributed by atoms with Crippen molar-refractivity contribution in [3.8, 4) is 0 Å². The molecule has 0 saturated carbocycles. The number of ether oxygens (including phenoxy) is 1. The summed E-state index contributed by atoms with van der Waals surface area (Å²) < 4.78 is 5.77. The second kappa shape index (κ2) is 12.0. The summed E-state index contributed by atoms with van der Waals surface area (Å²) >= 11 is 7.56. The van der Waals surface area contributed by atoms with Gasteiger partial charge in [0.25, 0.3) is 0 Å². The minimum Gasteiger partial charge on any atom is -0.378 e. The van der Waals surface area contributed by atoms with Gasteiger partial charge in [0.1, 0.15) is 0 Å². The van der Waals surface area contributed by atoms with Crippen LogP contribution in [-0.4, -0.2) is 48.9 Å². The summed E-state index contributed by atoms with van der Waals surface area (Å²) in [6.45, 7) is 3.00. The summed E-state index contributed by atoms with van der Waals surface area (Å²) in [5, 5.41) is 0.738. The fourth-order valence-corrected chi connectivity index (χ4v) is 3.52. The van der Waals surface area contributed by atoms with Crippen molar-refractivity contribution in [3.05, 3.63) is 29.3 Å². The van der Waals surface area contributed by atoms with Gasteiger partial charge in [-0.15, -0.1) is 24.2 Å². The molecule has 2 rings (SSSR count). The largest absolute Gasteiger partial charge is 0.378 e. The summed E-state index contributed by atoms with van der Waals surface area (Å²) in [4.78, 5) is 15.4. The van der Waals surface area contributed by atoms with Crippen LogP contribution in [-0.2, 0) is 9.53 Å². The topological polar surface area (TPSA) is 55.6 Å². The fourth-order valence-electron chi connectivity index (χ4n) is 2.55. The Kier molecular flexibility index (Phi) is 10.8. The van der Waals surface area contributed by atoms with E-state index in [0.717, 1.165) is 54.6 Å². The number of piperidine rings is 1. The van der Waals surface area contributed by atoms with E-state index in [1.54, 1.807) is 11.8 Å². The standard InChI is InChI=1S/C17H25ClN2O2S.ClH/c18-14-2-4-16(5-3-14)23-13-8-17(21)20-10-6-15(7-11-20)22-12-1-9-19;/h2-5,15H,1,6-13,19H2;1H. The first-order valence-corrected chi connectivity index (χ1v) is 9.53. The number of halogens is 2. The van der Waals surface area contributed by atoms with E-state index in [-0.39, 0.29) is 24.4 Å². The Morgan fingerprint density at radius 3 is 2.58 bits per heavy atom. The Morgan fingerprint density at radius 2 is 1.96 bits per heavy atom. The Balaban J connectivity index is 0.00000288. The minimum atomic E-state index is 0. The van der Waals surface area contributed by atoms with Crippen LogP contribution in [0.5, 0.6) is 0 Å². The first-order chi connectivity index (χ1) is 11.2. The second-order valence-corrected chi connectivity index (χ2v) is 7.25. The molecule has 0 unspecified atom stereocenters. The van der Waals surface area contributed by atoms with Crippen LogP contribution in [0.2, 0.25) is 5.02 Å². The molecule has 2 N–H and O–H groups in total. The Bertz CT molecular complexity index is 480. The molecular weight excluding hydrogens is 367 g/mol. The van der Waals surface area contributed by atoms with Crippen LogP contribution in [0.15, 0.2) is 29.2 Å². The molecule has 1 amide bonds. The summed E-state index contributed by atoms with van der Waals surface area (Å²) in [5.74, 6) is 1.04. The van der Waals surface area contributed by atoms with Crippen molar-refractivity contribution in [2.45, 2.75) is 36.7 Å².